The van der Waals surface area contributed by atoms with Gasteiger partial charge < -0.3 is 25.5 Å². The zero-order valence-electron chi connectivity index (χ0n) is 14.8. The molecule has 11 heteroatoms. The first-order valence-electron chi connectivity index (χ1n) is 8.73. The summed E-state index contributed by atoms with van der Waals surface area (Å²) < 4.78 is 12.2. The summed E-state index contributed by atoms with van der Waals surface area (Å²) in [5.41, 5.74) is 7.55. The molecule has 4 N–H and O–H groups in total. The Hall–Kier alpha value is -2.58. The van der Waals surface area contributed by atoms with Crippen molar-refractivity contribution < 1.29 is 19.2 Å². The van der Waals surface area contributed by atoms with E-state index in [0.717, 1.165) is 5.56 Å². The largest absolute Gasteiger partial charge is 0.493 e. The minimum absolute atomic E-state index is 0.190. The molecule has 3 heterocycles. The van der Waals surface area contributed by atoms with E-state index in [1.807, 2.05) is 0 Å². The molecule has 9 nitrogen and oxygen atoms in total. The molecular formula is C17H17BClN5O4. The molecule has 28 heavy (non-hydrogen) atoms. The van der Waals surface area contributed by atoms with E-state index in [-0.39, 0.29) is 29.9 Å². The van der Waals surface area contributed by atoms with Crippen LogP contribution in [-0.2, 0) is 16.0 Å². The smallest absolute Gasteiger partial charge is 0.423 e. The molecule has 1 fully saturated rings. The molecule has 0 unspecified atom stereocenters. The van der Waals surface area contributed by atoms with E-state index in [1.165, 1.54) is 6.20 Å². The molecule has 4 rings (SSSR count). The van der Waals surface area contributed by atoms with E-state index in [4.69, 9.17) is 26.7 Å². The van der Waals surface area contributed by atoms with Gasteiger partial charge in [0.05, 0.1) is 31.2 Å². The number of hydrogen-bond donors (Lipinski definition) is 3. The molecule has 144 valence electrons. The maximum absolute atomic E-state index is 11.9. The molecule has 0 bridgehead atoms. The van der Waals surface area contributed by atoms with Crippen molar-refractivity contribution in [1.29, 1.82) is 5.26 Å². The van der Waals surface area contributed by atoms with Crippen molar-refractivity contribution >= 4 is 41.6 Å². The summed E-state index contributed by atoms with van der Waals surface area (Å²) in [4.78, 5) is 11.9. The number of benzene rings is 1. The number of aromatic nitrogens is 2. The van der Waals surface area contributed by atoms with Gasteiger partial charge in [0.2, 0.25) is 0 Å². The topological polar surface area (TPSA) is 135 Å². The van der Waals surface area contributed by atoms with Gasteiger partial charge in [-0.25, -0.2) is 0 Å². The summed E-state index contributed by atoms with van der Waals surface area (Å²) >= 11 is 6.25. The number of carbonyl (C=O) groups is 1. The number of nitrogens with zero attached hydrogens (tertiary/aromatic N) is 3. The molecule has 2 atom stereocenters. The number of anilines is 2. The molecular weight excluding hydrogens is 384 g/mol. The second-order valence-electron chi connectivity index (χ2n) is 6.72. The minimum Gasteiger partial charge on any atom is -0.423 e. The molecule has 2 aromatic rings. The fourth-order valence-corrected chi connectivity index (χ4v) is 3.83. The number of fused-ring (bicyclic) bond motifs is 1. The van der Waals surface area contributed by atoms with Gasteiger partial charge in [0.1, 0.15) is 5.56 Å². The van der Waals surface area contributed by atoms with Crippen molar-refractivity contribution in [1.82, 2.24) is 9.78 Å². The Morgan fingerprint density at radius 2 is 2.36 bits per heavy atom. The summed E-state index contributed by atoms with van der Waals surface area (Å²) in [7, 11) is -1.05. The van der Waals surface area contributed by atoms with Crippen LogP contribution in [0.15, 0.2) is 18.3 Å². The highest BCUT2D eigenvalue weighted by molar-refractivity contribution is 6.65. The zero-order valence-corrected chi connectivity index (χ0v) is 15.5. The van der Waals surface area contributed by atoms with Crippen LogP contribution in [0.5, 0.6) is 0 Å². The average molecular weight is 402 g/mol. The predicted octanol–water partition coefficient (Wildman–Crippen LogP) is 0.698. The van der Waals surface area contributed by atoms with Crippen molar-refractivity contribution in [3.63, 3.8) is 0 Å². The Balaban J connectivity index is 1.67. The number of nitrogens with two attached hydrogens (primary N) is 1. The number of primary amides is 1. The summed E-state index contributed by atoms with van der Waals surface area (Å²) in [6.45, 7) is 1.08. The summed E-state index contributed by atoms with van der Waals surface area (Å²) in [5.74, 6) is -0.662. The highest BCUT2D eigenvalue weighted by Crippen LogP contribution is 2.30. The third kappa shape index (κ3) is 3.34. The first-order valence-corrected chi connectivity index (χ1v) is 9.11. The van der Waals surface area contributed by atoms with Crippen LogP contribution in [0.4, 0.5) is 11.5 Å². The Kier molecular flexibility index (Phi) is 4.99. The van der Waals surface area contributed by atoms with Crippen LogP contribution in [0.25, 0.3) is 0 Å². The lowest BCUT2D eigenvalue weighted by Gasteiger charge is -2.26. The van der Waals surface area contributed by atoms with Crippen molar-refractivity contribution in [3.8, 4) is 6.07 Å². The first-order chi connectivity index (χ1) is 13.5. The molecule has 0 spiro atoms. The summed E-state index contributed by atoms with van der Waals surface area (Å²) in [5, 5.41) is 27.0. The van der Waals surface area contributed by atoms with Crippen molar-refractivity contribution in [2.24, 2.45) is 11.7 Å². The van der Waals surface area contributed by atoms with Gasteiger partial charge in [0, 0.05) is 29.0 Å². The molecule has 0 aliphatic carbocycles. The Morgan fingerprint density at radius 1 is 1.54 bits per heavy atom. The number of halogens is 1. The molecule has 1 aromatic heterocycles. The van der Waals surface area contributed by atoms with Crippen LogP contribution in [0.2, 0.25) is 5.02 Å². The van der Waals surface area contributed by atoms with E-state index in [1.54, 1.807) is 16.8 Å². The van der Waals surface area contributed by atoms with Gasteiger partial charge in [0.25, 0.3) is 5.91 Å². The lowest BCUT2D eigenvalue weighted by atomic mass is 9.79. The number of nitriles is 1. The lowest BCUT2D eigenvalue weighted by molar-refractivity contribution is 0.0342. The average Bonchev–Trinajstić information content (AvgIpc) is 3.26. The molecule has 1 aromatic carbocycles. The molecule has 2 aliphatic rings. The van der Waals surface area contributed by atoms with Gasteiger partial charge in [-0.05, 0) is 24.1 Å². The number of nitrogens with one attached hydrogen (secondary N) is 1. The summed E-state index contributed by atoms with van der Waals surface area (Å²) in [6, 6.07) is 5.34. The maximum Gasteiger partial charge on any atom is 0.493 e. The van der Waals surface area contributed by atoms with Crippen molar-refractivity contribution in [2.75, 3.05) is 18.5 Å². The monoisotopic (exact) mass is 401 g/mol. The van der Waals surface area contributed by atoms with Gasteiger partial charge in [-0.1, -0.05) is 11.6 Å². The third-order valence-corrected chi connectivity index (χ3v) is 5.26. The van der Waals surface area contributed by atoms with Gasteiger partial charge in [-0.3, -0.25) is 9.48 Å². The Morgan fingerprint density at radius 3 is 3.11 bits per heavy atom. The number of amides is 1. The number of rotatable bonds is 4. The molecule has 1 amide bonds. The van der Waals surface area contributed by atoms with Gasteiger partial charge in [-0.2, -0.15) is 10.4 Å². The second kappa shape index (κ2) is 7.45. The van der Waals surface area contributed by atoms with Crippen LogP contribution >= 0.6 is 11.6 Å². The highest BCUT2D eigenvalue weighted by Gasteiger charge is 2.32. The third-order valence-electron chi connectivity index (χ3n) is 4.95. The van der Waals surface area contributed by atoms with E-state index in [9.17, 15) is 15.1 Å². The van der Waals surface area contributed by atoms with Crippen LogP contribution in [0, 0.1) is 17.2 Å². The number of carbonyl (C=O) groups excluding carboxylic acids is 1. The van der Waals surface area contributed by atoms with E-state index < -0.39 is 13.0 Å². The predicted molar refractivity (Wildman–Crippen MR) is 101 cm³/mol. The van der Waals surface area contributed by atoms with Crippen LogP contribution in [0.3, 0.4) is 0 Å². The van der Waals surface area contributed by atoms with Crippen LogP contribution < -0.4 is 16.5 Å². The number of ether oxygens (including phenoxy) is 1. The van der Waals surface area contributed by atoms with Crippen molar-refractivity contribution in [2.45, 2.75) is 19.1 Å². The van der Waals surface area contributed by atoms with Gasteiger partial charge in [0.15, 0.2) is 5.82 Å². The van der Waals surface area contributed by atoms with Crippen LogP contribution in [-0.4, -0.2) is 41.0 Å². The van der Waals surface area contributed by atoms with Gasteiger partial charge in [-0.15, -0.1) is 0 Å². The molecule has 2 aliphatic heterocycles. The fraction of sp³-hybridized carbons (Fsp3) is 0.353. The Bertz CT molecular complexity index is 975. The quantitative estimate of drug-likeness (QED) is 0.642. The zero-order chi connectivity index (χ0) is 19.8. The highest BCUT2D eigenvalue weighted by atomic mass is 35.5. The lowest BCUT2D eigenvalue weighted by Crippen LogP contribution is -2.29. The molecule has 0 radical (unpaired) electrons. The summed E-state index contributed by atoms with van der Waals surface area (Å²) in [6.07, 6.45) is 2.12. The van der Waals surface area contributed by atoms with E-state index >= 15 is 0 Å². The number of hydrogen-bond acceptors (Lipinski definition) is 7. The molecule has 1 saturated heterocycles. The normalized spacial score (nSPS) is 21.2. The van der Waals surface area contributed by atoms with E-state index in [2.05, 4.69) is 16.5 Å². The standard InChI is InChI=1S/C17H17BClN5O4/c19-13-4-11(3-10-7-28-18(26)15(10)13)22-17-12(16(21)25)6-24(23-17)14-8-27-2-1-9(14)5-20/h3-4,6,9,14,26H,1-2,7-8H2,(H2,21,25)(H,22,23)/t9-,14+/m1/s1. The van der Waals surface area contributed by atoms with E-state index in [0.29, 0.717) is 35.8 Å². The fourth-order valence-electron chi connectivity index (χ4n) is 3.50. The molecule has 0 saturated carbocycles. The maximum atomic E-state index is 11.9. The SMILES string of the molecule is N#C[C@H]1CCOC[C@@H]1n1cc(C(N)=O)c(Nc2cc(Cl)c3c(c2)COB3O)n1. The Labute approximate surface area is 166 Å². The van der Waals surface area contributed by atoms with Gasteiger partial charge >= 0.3 is 7.12 Å². The minimum atomic E-state index is -1.05. The second-order valence-corrected chi connectivity index (χ2v) is 7.13. The first kappa shape index (κ1) is 18.8. The van der Waals surface area contributed by atoms with Crippen molar-refractivity contribution in [3.05, 3.63) is 34.5 Å². The van der Waals surface area contributed by atoms with Crippen LogP contribution in [0.1, 0.15) is 28.4 Å².